The van der Waals surface area contributed by atoms with Crippen LogP contribution < -0.4 is 4.72 Å². The highest BCUT2D eigenvalue weighted by Gasteiger charge is 2.37. The molecule has 0 heterocycles. The van der Waals surface area contributed by atoms with Gasteiger partial charge in [0.2, 0.25) is 10.0 Å². The molecule has 0 aliphatic heterocycles. The molecule has 1 atom stereocenters. The minimum atomic E-state index is -3.34. The van der Waals surface area contributed by atoms with Crippen LogP contribution in [0.2, 0.25) is 0 Å². The molecule has 0 aromatic rings. The number of alkyl halides is 1. The van der Waals surface area contributed by atoms with Crippen LogP contribution >= 0.6 is 11.6 Å². The summed E-state index contributed by atoms with van der Waals surface area (Å²) in [5.41, 5.74) is -0.620. The van der Waals surface area contributed by atoms with E-state index in [4.69, 9.17) is 11.6 Å². The Morgan fingerprint density at radius 2 is 2.00 bits per heavy atom. The van der Waals surface area contributed by atoms with Crippen LogP contribution in [0.5, 0.6) is 0 Å². The molecule has 96 valence electrons. The molecular weight excluding hydrogens is 250 g/mol. The fourth-order valence-corrected chi connectivity index (χ4v) is 4.25. The number of hydrogen-bond donors (Lipinski definition) is 2. The third-order valence-corrected chi connectivity index (χ3v) is 5.28. The number of halogens is 1. The van der Waals surface area contributed by atoms with Crippen molar-refractivity contribution in [1.82, 2.24) is 4.72 Å². The van der Waals surface area contributed by atoms with Gasteiger partial charge >= 0.3 is 0 Å². The van der Waals surface area contributed by atoms with Crippen LogP contribution in [0.15, 0.2) is 0 Å². The topological polar surface area (TPSA) is 66.4 Å². The van der Waals surface area contributed by atoms with E-state index >= 15 is 0 Å². The number of rotatable bonds is 6. The monoisotopic (exact) mass is 269 g/mol. The molecule has 4 nitrogen and oxygen atoms in total. The number of aliphatic hydroxyl groups is 1. The predicted molar refractivity (Wildman–Crippen MR) is 65.1 cm³/mol. The van der Waals surface area contributed by atoms with E-state index in [1.165, 1.54) is 0 Å². The average molecular weight is 270 g/mol. The molecule has 0 saturated heterocycles. The Morgan fingerprint density at radius 1 is 1.44 bits per heavy atom. The third kappa shape index (κ3) is 3.87. The summed E-state index contributed by atoms with van der Waals surface area (Å²) in [6.07, 6.45) is 3.37. The summed E-state index contributed by atoms with van der Waals surface area (Å²) in [5.74, 6) is 0.280. The number of nitrogens with one attached hydrogen (secondary N) is 1. The Morgan fingerprint density at radius 3 is 2.44 bits per heavy atom. The molecule has 1 aliphatic rings. The van der Waals surface area contributed by atoms with Crippen molar-refractivity contribution in [3.63, 3.8) is 0 Å². The zero-order valence-corrected chi connectivity index (χ0v) is 11.1. The smallest absolute Gasteiger partial charge is 0.212 e. The molecule has 0 amide bonds. The number of aliphatic hydroxyl groups excluding tert-OH is 1. The molecule has 16 heavy (non-hydrogen) atoms. The number of hydrogen-bond acceptors (Lipinski definition) is 3. The third-order valence-electron chi connectivity index (χ3n) is 3.00. The Labute approximate surface area is 102 Å². The normalized spacial score (nSPS) is 22.2. The quantitative estimate of drug-likeness (QED) is 0.710. The van der Waals surface area contributed by atoms with Crippen molar-refractivity contribution in [1.29, 1.82) is 0 Å². The first-order chi connectivity index (χ1) is 7.43. The Hall–Kier alpha value is 0.160. The summed E-state index contributed by atoms with van der Waals surface area (Å²) in [6, 6.07) is 0. The van der Waals surface area contributed by atoms with Crippen molar-refractivity contribution in [3.05, 3.63) is 0 Å². The molecule has 1 unspecified atom stereocenters. The van der Waals surface area contributed by atoms with Crippen molar-refractivity contribution >= 4 is 21.6 Å². The van der Waals surface area contributed by atoms with Gasteiger partial charge in [-0.15, -0.1) is 11.6 Å². The molecule has 1 saturated carbocycles. The van der Waals surface area contributed by atoms with Crippen LogP contribution in [0.3, 0.4) is 0 Å². The van der Waals surface area contributed by atoms with Gasteiger partial charge in [-0.05, 0) is 18.8 Å². The van der Waals surface area contributed by atoms with Gasteiger partial charge in [-0.25, -0.2) is 13.1 Å². The minimum absolute atomic E-state index is 0.0260. The van der Waals surface area contributed by atoms with Gasteiger partial charge < -0.3 is 5.11 Å². The Kier molecular flexibility index (Phi) is 5.04. The van der Waals surface area contributed by atoms with E-state index in [0.717, 1.165) is 25.7 Å². The van der Waals surface area contributed by atoms with Gasteiger partial charge in [0.1, 0.15) is 0 Å². The second-order valence-corrected chi connectivity index (χ2v) is 6.86. The molecule has 6 heteroatoms. The van der Waals surface area contributed by atoms with Crippen LogP contribution in [0.25, 0.3) is 0 Å². The lowest BCUT2D eigenvalue weighted by Gasteiger charge is -2.28. The maximum Gasteiger partial charge on any atom is 0.212 e. The first-order valence-corrected chi connectivity index (χ1v) is 7.80. The lowest BCUT2D eigenvalue weighted by Crippen LogP contribution is -2.50. The van der Waals surface area contributed by atoms with E-state index in [0.29, 0.717) is 5.88 Å². The van der Waals surface area contributed by atoms with E-state index < -0.39 is 15.6 Å². The largest absolute Gasteiger partial charge is 0.394 e. The van der Waals surface area contributed by atoms with Gasteiger partial charge in [0, 0.05) is 5.88 Å². The van der Waals surface area contributed by atoms with Gasteiger partial charge in [-0.3, -0.25) is 0 Å². The van der Waals surface area contributed by atoms with Crippen molar-refractivity contribution in [3.8, 4) is 0 Å². The summed E-state index contributed by atoms with van der Waals surface area (Å²) < 4.78 is 26.3. The van der Waals surface area contributed by atoms with E-state index in [-0.39, 0.29) is 18.3 Å². The highest BCUT2D eigenvalue weighted by Crippen LogP contribution is 2.30. The van der Waals surface area contributed by atoms with Gasteiger partial charge in [-0.1, -0.05) is 19.8 Å². The maximum absolute atomic E-state index is 11.8. The van der Waals surface area contributed by atoms with Crippen molar-refractivity contribution in [2.24, 2.45) is 5.92 Å². The molecule has 0 aromatic carbocycles. The Bertz CT molecular complexity index is 312. The molecule has 0 spiro atoms. The fraction of sp³-hybridized carbons (Fsp3) is 1.00. The predicted octanol–water partition coefficient (Wildman–Crippen LogP) is 1.09. The van der Waals surface area contributed by atoms with E-state index in [1.54, 1.807) is 6.92 Å². The minimum Gasteiger partial charge on any atom is -0.394 e. The van der Waals surface area contributed by atoms with Gasteiger partial charge in [0.15, 0.2) is 0 Å². The van der Waals surface area contributed by atoms with Crippen LogP contribution in [0.4, 0.5) is 0 Å². The van der Waals surface area contributed by atoms with Gasteiger partial charge in [-0.2, -0.15) is 0 Å². The SMILES string of the molecule is CC(CCl)CS(=O)(=O)NC1(CO)CCCC1. The van der Waals surface area contributed by atoms with E-state index in [9.17, 15) is 13.5 Å². The van der Waals surface area contributed by atoms with Crippen LogP contribution in [0.1, 0.15) is 32.6 Å². The van der Waals surface area contributed by atoms with Gasteiger partial charge in [0.25, 0.3) is 0 Å². The lowest BCUT2D eigenvalue weighted by molar-refractivity contribution is 0.185. The van der Waals surface area contributed by atoms with Crippen LogP contribution in [-0.2, 0) is 10.0 Å². The van der Waals surface area contributed by atoms with Crippen molar-refractivity contribution in [2.75, 3.05) is 18.2 Å². The van der Waals surface area contributed by atoms with E-state index in [2.05, 4.69) is 4.72 Å². The summed E-state index contributed by atoms with van der Waals surface area (Å²) in [6.45, 7) is 1.67. The summed E-state index contributed by atoms with van der Waals surface area (Å²) in [7, 11) is -3.34. The van der Waals surface area contributed by atoms with Crippen LogP contribution in [-0.4, -0.2) is 37.3 Å². The molecule has 0 aromatic heterocycles. The Balaban J connectivity index is 2.63. The molecule has 1 aliphatic carbocycles. The van der Waals surface area contributed by atoms with Crippen molar-refractivity contribution < 1.29 is 13.5 Å². The maximum atomic E-state index is 11.8. The summed E-state index contributed by atoms with van der Waals surface area (Å²) in [4.78, 5) is 0. The second kappa shape index (κ2) is 5.67. The molecule has 1 rings (SSSR count). The lowest BCUT2D eigenvalue weighted by atomic mass is 10.0. The standard InChI is InChI=1S/C10H20ClNO3S/c1-9(6-11)7-16(14,15)12-10(8-13)4-2-3-5-10/h9,12-13H,2-8H2,1H3. The zero-order chi connectivity index (χ0) is 12.2. The molecule has 0 radical (unpaired) electrons. The zero-order valence-electron chi connectivity index (χ0n) is 9.58. The highest BCUT2D eigenvalue weighted by molar-refractivity contribution is 7.89. The fourth-order valence-electron chi connectivity index (χ4n) is 2.13. The summed E-state index contributed by atoms with van der Waals surface area (Å²) in [5, 5.41) is 9.32. The summed E-state index contributed by atoms with van der Waals surface area (Å²) >= 11 is 5.60. The molecule has 0 bridgehead atoms. The van der Waals surface area contributed by atoms with Gasteiger partial charge in [0.05, 0.1) is 17.9 Å². The molecular formula is C10H20ClNO3S. The molecule has 1 fully saturated rings. The molecule has 2 N–H and O–H groups in total. The van der Waals surface area contributed by atoms with E-state index in [1.807, 2.05) is 0 Å². The second-order valence-electron chi connectivity index (χ2n) is 4.79. The first-order valence-electron chi connectivity index (χ1n) is 5.61. The first kappa shape index (κ1) is 14.2. The van der Waals surface area contributed by atoms with Crippen molar-refractivity contribution in [2.45, 2.75) is 38.1 Å². The average Bonchev–Trinajstić information content (AvgIpc) is 2.65. The van der Waals surface area contributed by atoms with Crippen LogP contribution in [0, 0.1) is 5.92 Å². The number of sulfonamides is 1. The highest BCUT2D eigenvalue weighted by atomic mass is 35.5.